The highest BCUT2D eigenvalue weighted by molar-refractivity contribution is 5.90. The van der Waals surface area contributed by atoms with E-state index in [1.807, 2.05) is 30.3 Å². The summed E-state index contributed by atoms with van der Waals surface area (Å²) in [6.07, 6.45) is -1.97. The molecule has 3 amide bonds. The minimum atomic E-state index is -1.51. The van der Waals surface area contributed by atoms with Crippen LogP contribution in [0.1, 0.15) is 12.8 Å². The van der Waals surface area contributed by atoms with Crippen molar-refractivity contribution < 1.29 is 28.2 Å². The number of para-hydroxylation sites is 1. The van der Waals surface area contributed by atoms with Crippen molar-refractivity contribution in [1.29, 1.82) is 0 Å². The van der Waals surface area contributed by atoms with Gasteiger partial charge in [-0.3, -0.25) is 14.4 Å². The molecule has 1 aromatic carbocycles. The number of hydrogen-bond acceptors (Lipinski definition) is 5. The molecule has 0 bridgehead atoms. The molecule has 1 saturated heterocycles. The second kappa shape index (κ2) is 9.86. The minimum absolute atomic E-state index is 0.172. The van der Waals surface area contributed by atoms with Crippen LogP contribution in [-0.2, 0) is 19.1 Å². The molecule has 148 valence electrons. The maximum Gasteiger partial charge on any atom is 0.243 e. The van der Waals surface area contributed by atoms with Gasteiger partial charge in [0, 0.05) is 13.5 Å². The zero-order valence-corrected chi connectivity index (χ0v) is 15.1. The Balaban J connectivity index is 1.72. The van der Waals surface area contributed by atoms with E-state index in [2.05, 4.69) is 5.32 Å². The number of methoxy groups -OCH3 is 1. The fourth-order valence-corrected chi connectivity index (χ4v) is 2.93. The molecule has 1 aliphatic heterocycles. The average Bonchev–Trinajstić information content (AvgIpc) is 3.00. The molecule has 1 aliphatic rings. The molecule has 1 fully saturated rings. The molecule has 1 heterocycles. The first-order chi connectivity index (χ1) is 12.9. The summed E-state index contributed by atoms with van der Waals surface area (Å²) in [5.41, 5.74) is 5.26. The first kappa shape index (κ1) is 20.6. The van der Waals surface area contributed by atoms with Crippen LogP contribution in [0, 0.1) is 0 Å². The van der Waals surface area contributed by atoms with Crippen LogP contribution < -0.4 is 15.8 Å². The van der Waals surface area contributed by atoms with Crippen molar-refractivity contribution >= 4 is 17.7 Å². The van der Waals surface area contributed by atoms with Crippen molar-refractivity contribution in [1.82, 2.24) is 10.2 Å². The number of ether oxygens (including phenoxy) is 2. The molecule has 0 aromatic heterocycles. The third kappa shape index (κ3) is 5.65. The minimum Gasteiger partial charge on any atom is -0.494 e. The number of alkyl halides is 1. The molecule has 8 nitrogen and oxygen atoms in total. The van der Waals surface area contributed by atoms with Crippen molar-refractivity contribution in [3.8, 4) is 5.75 Å². The maximum atomic E-state index is 13.9. The number of benzene rings is 1. The van der Waals surface area contributed by atoms with E-state index in [9.17, 15) is 18.8 Å². The van der Waals surface area contributed by atoms with E-state index in [1.165, 1.54) is 7.11 Å². The number of primary amides is 1. The van der Waals surface area contributed by atoms with Crippen molar-refractivity contribution in [3.05, 3.63) is 30.3 Å². The van der Waals surface area contributed by atoms with Crippen molar-refractivity contribution in [2.45, 2.75) is 31.2 Å². The molecule has 3 unspecified atom stereocenters. The topological polar surface area (TPSA) is 111 Å². The SMILES string of the molecule is COC1C(F)CN(C(=O)CNC(=O)CCCOc2ccccc2)C1C(N)=O. The number of likely N-dealkylation sites (tertiary alicyclic amines) is 1. The van der Waals surface area contributed by atoms with Gasteiger partial charge >= 0.3 is 0 Å². The van der Waals surface area contributed by atoms with E-state index >= 15 is 0 Å². The normalized spacial score (nSPS) is 21.7. The van der Waals surface area contributed by atoms with E-state index in [1.54, 1.807) is 0 Å². The number of rotatable bonds is 9. The van der Waals surface area contributed by atoms with Gasteiger partial charge in [0.25, 0.3) is 0 Å². The monoisotopic (exact) mass is 381 g/mol. The molecule has 9 heteroatoms. The Labute approximate surface area is 156 Å². The third-order valence-electron chi connectivity index (χ3n) is 4.26. The number of carbonyl (C=O) groups excluding carboxylic acids is 3. The number of nitrogens with one attached hydrogen (secondary N) is 1. The highest BCUT2D eigenvalue weighted by Gasteiger charge is 2.47. The van der Waals surface area contributed by atoms with Gasteiger partial charge in [-0.05, 0) is 18.6 Å². The summed E-state index contributed by atoms with van der Waals surface area (Å²) in [4.78, 5) is 36.6. The van der Waals surface area contributed by atoms with Gasteiger partial charge in [0.2, 0.25) is 17.7 Å². The Morgan fingerprint density at radius 3 is 2.63 bits per heavy atom. The Morgan fingerprint density at radius 2 is 2.00 bits per heavy atom. The Morgan fingerprint density at radius 1 is 1.30 bits per heavy atom. The van der Waals surface area contributed by atoms with Crippen LogP contribution in [-0.4, -0.2) is 67.7 Å². The maximum absolute atomic E-state index is 13.9. The van der Waals surface area contributed by atoms with E-state index in [0.29, 0.717) is 18.8 Å². The van der Waals surface area contributed by atoms with Crippen molar-refractivity contribution in [2.75, 3.05) is 26.8 Å². The summed E-state index contributed by atoms with van der Waals surface area (Å²) in [5.74, 6) is -1.06. The summed E-state index contributed by atoms with van der Waals surface area (Å²) in [6.45, 7) is -0.280. The number of halogens is 1. The highest BCUT2D eigenvalue weighted by Crippen LogP contribution is 2.23. The Kier molecular flexibility index (Phi) is 7.54. The van der Waals surface area contributed by atoms with Gasteiger partial charge < -0.3 is 25.4 Å². The summed E-state index contributed by atoms with van der Waals surface area (Å²) < 4.78 is 24.3. The average molecular weight is 381 g/mol. The van der Waals surface area contributed by atoms with Gasteiger partial charge in [-0.1, -0.05) is 18.2 Å². The second-order valence-electron chi connectivity index (χ2n) is 6.15. The standard InChI is InChI=1S/C18H24FN3O5/c1-26-17-13(19)11-22(16(17)18(20)25)15(24)10-21-14(23)8-5-9-27-12-6-3-2-4-7-12/h2-4,6-7,13,16-17H,5,8-11H2,1H3,(H2,20,25)(H,21,23). The predicted octanol–water partition coefficient (Wildman–Crippen LogP) is 0.0110. The van der Waals surface area contributed by atoms with Crippen LogP contribution in [0.15, 0.2) is 30.3 Å². The van der Waals surface area contributed by atoms with Crippen LogP contribution >= 0.6 is 0 Å². The van der Waals surface area contributed by atoms with Gasteiger partial charge in [-0.2, -0.15) is 0 Å². The molecule has 3 atom stereocenters. The summed E-state index contributed by atoms with van der Waals surface area (Å²) in [7, 11) is 1.25. The Hall–Kier alpha value is -2.68. The van der Waals surface area contributed by atoms with Crippen LogP contribution in [0.25, 0.3) is 0 Å². The van der Waals surface area contributed by atoms with Crippen LogP contribution in [0.4, 0.5) is 4.39 Å². The van der Waals surface area contributed by atoms with Crippen molar-refractivity contribution in [2.24, 2.45) is 5.73 Å². The smallest absolute Gasteiger partial charge is 0.243 e. The number of nitrogens with two attached hydrogens (primary N) is 1. The molecule has 0 spiro atoms. The number of carbonyl (C=O) groups is 3. The van der Waals surface area contributed by atoms with Crippen LogP contribution in [0.5, 0.6) is 5.75 Å². The molecule has 0 aliphatic carbocycles. The van der Waals surface area contributed by atoms with Gasteiger partial charge in [0.15, 0.2) is 0 Å². The summed E-state index contributed by atoms with van der Waals surface area (Å²) >= 11 is 0. The second-order valence-corrected chi connectivity index (χ2v) is 6.15. The molecular formula is C18H24FN3O5. The fraction of sp³-hybridized carbons (Fsp3) is 0.500. The molecule has 0 radical (unpaired) electrons. The van der Waals surface area contributed by atoms with E-state index < -0.39 is 30.1 Å². The lowest BCUT2D eigenvalue weighted by Gasteiger charge is -2.24. The van der Waals surface area contributed by atoms with Gasteiger partial charge in [-0.25, -0.2) is 4.39 Å². The van der Waals surface area contributed by atoms with E-state index in [-0.39, 0.29) is 25.4 Å². The Bertz CT molecular complexity index is 658. The van der Waals surface area contributed by atoms with E-state index in [4.69, 9.17) is 15.2 Å². The van der Waals surface area contributed by atoms with Gasteiger partial charge in [0.1, 0.15) is 24.1 Å². The largest absolute Gasteiger partial charge is 0.494 e. The highest BCUT2D eigenvalue weighted by atomic mass is 19.1. The first-order valence-electron chi connectivity index (χ1n) is 8.64. The van der Waals surface area contributed by atoms with E-state index in [0.717, 1.165) is 4.90 Å². The number of amides is 3. The zero-order chi connectivity index (χ0) is 19.8. The number of hydrogen-bond donors (Lipinski definition) is 2. The van der Waals surface area contributed by atoms with Crippen molar-refractivity contribution in [3.63, 3.8) is 0 Å². The van der Waals surface area contributed by atoms with Gasteiger partial charge in [0.05, 0.1) is 19.7 Å². The quantitative estimate of drug-likeness (QED) is 0.586. The lowest BCUT2D eigenvalue weighted by molar-refractivity contribution is -0.139. The fourth-order valence-electron chi connectivity index (χ4n) is 2.93. The zero-order valence-electron chi connectivity index (χ0n) is 15.1. The molecule has 3 N–H and O–H groups in total. The lowest BCUT2D eigenvalue weighted by Crippen LogP contribution is -2.51. The molecular weight excluding hydrogens is 357 g/mol. The molecule has 2 rings (SSSR count). The third-order valence-corrected chi connectivity index (χ3v) is 4.26. The summed E-state index contributed by atoms with van der Waals surface area (Å²) in [5, 5.41) is 2.46. The van der Waals surface area contributed by atoms with Gasteiger partial charge in [-0.15, -0.1) is 0 Å². The van der Waals surface area contributed by atoms with Crippen LogP contribution in [0.2, 0.25) is 0 Å². The predicted molar refractivity (Wildman–Crippen MR) is 94.6 cm³/mol. The molecule has 27 heavy (non-hydrogen) atoms. The van der Waals surface area contributed by atoms with Crippen LogP contribution in [0.3, 0.4) is 0 Å². The summed E-state index contributed by atoms with van der Waals surface area (Å²) in [6, 6.07) is 8.02. The molecule has 0 saturated carbocycles. The first-order valence-corrected chi connectivity index (χ1v) is 8.64. The lowest BCUT2D eigenvalue weighted by atomic mass is 10.1. The number of nitrogens with zero attached hydrogens (tertiary/aromatic N) is 1. The molecule has 1 aromatic rings.